The van der Waals surface area contributed by atoms with Crippen LogP contribution in [-0.4, -0.2) is 23.7 Å². The molecule has 3 heteroatoms. The summed E-state index contributed by atoms with van der Waals surface area (Å²) in [6, 6.07) is 0. The van der Waals surface area contributed by atoms with Crippen molar-refractivity contribution in [3.63, 3.8) is 0 Å². The van der Waals surface area contributed by atoms with E-state index >= 15 is 0 Å². The molecular formula is C13H25NO2. The van der Waals surface area contributed by atoms with Gasteiger partial charge in [0, 0.05) is 12.5 Å². The third kappa shape index (κ3) is 4.97. The third-order valence-electron chi connectivity index (χ3n) is 3.43. The number of amides is 1. The summed E-state index contributed by atoms with van der Waals surface area (Å²) in [6.45, 7) is 4.05. The van der Waals surface area contributed by atoms with Crippen LogP contribution in [0.4, 0.5) is 0 Å². The molecule has 1 aliphatic carbocycles. The molecule has 1 amide bonds. The second kappa shape index (κ2) is 6.89. The Kier molecular flexibility index (Phi) is 5.81. The highest BCUT2D eigenvalue weighted by Gasteiger charge is 2.20. The predicted molar refractivity (Wildman–Crippen MR) is 65.0 cm³/mol. The van der Waals surface area contributed by atoms with Crippen LogP contribution in [0, 0.1) is 11.8 Å². The zero-order valence-corrected chi connectivity index (χ0v) is 10.5. The van der Waals surface area contributed by atoms with Crippen LogP contribution in [0.1, 0.15) is 52.4 Å². The first kappa shape index (κ1) is 13.5. The van der Waals surface area contributed by atoms with Crippen molar-refractivity contribution in [3.8, 4) is 0 Å². The Morgan fingerprint density at radius 3 is 2.50 bits per heavy atom. The van der Waals surface area contributed by atoms with Gasteiger partial charge in [-0.05, 0) is 19.3 Å². The lowest BCUT2D eigenvalue weighted by Gasteiger charge is -2.24. The first-order valence-corrected chi connectivity index (χ1v) is 6.55. The topological polar surface area (TPSA) is 49.3 Å². The maximum atomic E-state index is 11.7. The van der Waals surface area contributed by atoms with E-state index in [1.54, 1.807) is 6.92 Å². The second-order valence-electron chi connectivity index (χ2n) is 5.23. The molecule has 0 bridgehead atoms. The molecule has 94 valence electrons. The van der Waals surface area contributed by atoms with E-state index in [0.717, 1.165) is 12.3 Å². The van der Waals surface area contributed by atoms with Gasteiger partial charge in [-0.3, -0.25) is 4.79 Å². The van der Waals surface area contributed by atoms with Crippen molar-refractivity contribution in [2.24, 2.45) is 11.8 Å². The van der Waals surface area contributed by atoms with E-state index in [4.69, 9.17) is 5.11 Å². The van der Waals surface area contributed by atoms with Crippen LogP contribution in [0.25, 0.3) is 0 Å². The quantitative estimate of drug-likeness (QED) is 0.755. The van der Waals surface area contributed by atoms with Gasteiger partial charge in [-0.1, -0.05) is 39.0 Å². The molecule has 0 saturated heterocycles. The van der Waals surface area contributed by atoms with E-state index in [0.29, 0.717) is 6.54 Å². The Bertz CT molecular complexity index is 210. The maximum Gasteiger partial charge on any atom is 0.222 e. The van der Waals surface area contributed by atoms with Gasteiger partial charge in [0.15, 0.2) is 0 Å². The van der Waals surface area contributed by atoms with Gasteiger partial charge in [0.25, 0.3) is 0 Å². The third-order valence-corrected chi connectivity index (χ3v) is 3.43. The van der Waals surface area contributed by atoms with Crippen molar-refractivity contribution in [3.05, 3.63) is 0 Å². The number of carbonyl (C=O) groups excluding carboxylic acids is 1. The van der Waals surface area contributed by atoms with E-state index in [-0.39, 0.29) is 11.8 Å². The number of hydrogen-bond donors (Lipinski definition) is 2. The molecule has 1 aliphatic rings. The fourth-order valence-corrected chi connectivity index (χ4v) is 2.45. The number of aliphatic hydroxyl groups is 1. The summed E-state index contributed by atoms with van der Waals surface area (Å²) in [5.74, 6) is 0.911. The molecule has 1 saturated carbocycles. The van der Waals surface area contributed by atoms with Crippen LogP contribution in [0.5, 0.6) is 0 Å². The lowest BCUT2D eigenvalue weighted by Crippen LogP contribution is -2.35. The molecule has 1 rings (SSSR count). The fourth-order valence-electron chi connectivity index (χ4n) is 2.45. The average Bonchev–Trinajstić information content (AvgIpc) is 2.27. The van der Waals surface area contributed by atoms with Crippen LogP contribution in [-0.2, 0) is 4.79 Å². The SMILES string of the molecule is CC(O)CNC(=O)C(C)CC1CCCCC1. The molecule has 0 heterocycles. The zero-order valence-electron chi connectivity index (χ0n) is 10.5. The van der Waals surface area contributed by atoms with E-state index in [2.05, 4.69) is 5.32 Å². The molecule has 16 heavy (non-hydrogen) atoms. The first-order chi connectivity index (χ1) is 7.59. The number of rotatable bonds is 5. The highest BCUT2D eigenvalue weighted by Crippen LogP contribution is 2.28. The Hall–Kier alpha value is -0.570. The molecule has 0 radical (unpaired) electrons. The summed E-state index contributed by atoms with van der Waals surface area (Å²) in [6.07, 6.45) is 7.14. The molecule has 2 atom stereocenters. The van der Waals surface area contributed by atoms with Gasteiger partial charge >= 0.3 is 0 Å². The Morgan fingerprint density at radius 2 is 1.94 bits per heavy atom. The minimum atomic E-state index is -0.453. The van der Waals surface area contributed by atoms with Crippen molar-refractivity contribution in [2.75, 3.05) is 6.54 Å². The van der Waals surface area contributed by atoms with Crippen LogP contribution in [0.3, 0.4) is 0 Å². The lowest BCUT2D eigenvalue weighted by molar-refractivity contribution is -0.125. The van der Waals surface area contributed by atoms with E-state index in [9.17, 15) is 4.79 Å². The monoisotopic (exact) mass is 227 g/mol. The van der Waals surface area contributed by atoms with Gasteiger partial charge in [-0.2, -0.15) is 0 Å². The molecule has 1 fully saturated rings. The molecule has 0 aromatic carbocycles. The van der Waals surface area contributed by atoms with Crippen molar-refractivity contribution >= 4 is 5.91 Å². The van der Waals surface area contributed by atoms with Crippen LogP contribution >= 0.6 is 0 Å². The average molecular weight is 227 g/mol. The second-order valence-corrected chi connectivity index (χ2v) is 5.23. The summed E-state index contributed by atoms with van der Waals surface area (Å²) in [5, 5.41) is 11.9. The maximum absolute atomic E-state index is 11.7. The highest BCUT2D eigenvalue weighted by atomic mass is 16.3. The van der Waals surface area contributed by atoms with Crippen molar-refractivity contribution in [1.29, 1.82) is 0 Å². The van der Waals surface area contributed by atoms with Gasteiger partial charge < -0.3 is 10.4 Å². The standard InChI is InChI=1S/C13H25NO2/c1-10(13(16)14-9-11(2)15)8-12-6-4-3-5-7-12/h10-12,15H,3-9H2,1-2H3,(H,14,16). The van der Waals surface area contributed by atoms with Crippen LogP contribution in [0.2, 0.25) is 0 Å². The summed E-state index contributed by atoms with van der Waals surface area (Å²) in [4.78, 5) is 11.7. The van der Waals surface area contributed by atoms with Crippen molar-refractivity contribution in [2.45, 2.75) is 58.5 Å². The van der Waals surface area contributed by atoms with Crippen LogP contribution in [0.15, 0.2) is 0 Å². The molecule has 0 aromatic rings. The summed E-state index contributed by atoms with van der Waals surface area (Å²) in [7, 11) is 0. The van der Waals surface area contributed by atoms with E-state index < -0.39 is 6.10 Å². The normalized spacial score (nSPS) is 21.4. The minimum Gasteiger partial charge on any atom is -0.392 e. The number of hydrogen-bond acceptors (Lipinski definition) is 2. The minimum absolute atomic E-state index is 0.0850. The molecule has 2 unspecified atom stereocenters. The largest absolute Gasteiger partial charge is 0.392 e. The number of carbonyl (C=O) groups is 1. The Balaban J connectivity index is 2.21. The van der Waals surface area contributed by atoms with Crippen molar-refractivity contribution < 1.29 is 9.90 Å². The van der Waals surface area contributed by atoms with E-state index in [1.165, 1.54) is 32.1 Å². The number of nitrogens with one attached hydrogen (secondary N) is 1. The highest BCUT2D eigenvalue weighted by molar-refractivity contribution is 5.78. The Labute approximate surface area is 98.6 Å². The van der Waals surface area contributed by atoms with Crippen LogP contribution < -0.4 is 5.32 Å². The molecule has 3 nitrogen and oxygen atoms in total. The summed E-state index contributed by atoms with van der Waals surface area (Å²) < 4.78 is 0. The summed E-state index contributed by atoms with van der Waals surface area (Å²) >= 11 is 0. The molecule has 2 N–H and O–H groups in total. The van der Waals surface area contributed by atoms with Gasteiger partial charge in [-0.25, -0.2) is 0 Å². The van der Waals surface area contributed by atoms with Gasteiger partial charge in [0.1, 0.15) is 0 Å². The lowest BCUT2D eigenvalue weighted by atomic mass is 9.83. The molecule has 0 aliphatic heterocycles. The Morgan fingerprint density at radius 1 is 1.31 bits per heavy atom. The van der Waals surface area contributed by atoms with Crippen molar-refractivity contribution in [1.82, 2.24) is 5.32 Å². The predicted octanol–water partition coefficient (Wildman–Crippen LogP) is 2.09. The van der Waals surface area contributed by atoms with Gasteiger partial charge in [0.2, 0.25) is 5.91 Å². The van der Waals surface area contributed by atoms with Gasteiger partial charge in [-0.15, -0.1) is 0 Å². The fraction of sp³-hybridized carbons (Fsp3) is 0.923. The number of aliphatic hydroxyl groups excluding tert-OH is 1. The first-order valence-electron chi connectivity index (χ1n) is 6.55. The molecule has 0 spiro atoms. The smallest absolute Gasteiger partial charge is 0.222 e. The summed E-state index contributed by atoms with van der Waals surface area (Å²) in [5.41, 5.74) is 0. The van der Waals surface area contributed by atoms with E-state index in [1.807, 2.05) is 6.92 Å². The molecule has 0 aromatic heterocycles. The zero-order chi connectivity index (χ0) is 12.0. The van der Waals surface area contributed by atoms with Gasteiger partial charge in [0.05, 0.1) is 6.10 Å². The molecular weight excluding hydrogens is 202 g/mol.